The molecule has 0 atom stereocenters. The van der Waals surface area contributed by atoms with Crippen molar-refractivity contribution in [2.75, 3.05) is 32.4 Å². The molecule has 2 aliphatic heterocycles. The van der Waals surface area contributed by atoms with E-state index in [4.69, 9.17) is 0 Å². The van der Waals surface area contributed by atoms with Gasteiger partial charge in [0.05, 0.1) is 15.7 Å². The van der Waals surface area contributed by atoms with E-state index < -0.39 is 0 Å². The normalized spacial score (nSPS) is 18.1. The van der Waals surface area contributed by atoms with Gasteiger partial charge < -0.3 is 9.80 Å². The van der Waals surface area contributed by atoms with Gasteiger partial charge in [0.2, 0.25) is 0 Å². The van der Waals surface area contributed by atoms with Crippen LogP contribution in [-0.2, 0) is 6.54 Å². The third-order valence-corrected chi connectivity index (χ3v) is 8.25. The van der Waals surface area contributed by atoms with Gasteiger partial charge in [0, 0.05) is 38.9 Å². The molecule has 166 valence electrons. The first-order valence-electron chi connectivity index (χ1n) is 10.7. The second-order valence-electron chi connectivity index (χ2n) is 8.39. The first kappa shape index (κ1) is 22.3. The molecule has 2 fully saturated rings. The van der Waals surface area contributed by atoms with Gasteiger partial charge in [0.1, 0.15) is 10.7 Å². The van der Waals surface area contributed by atoms with Crippen LogP contribution in [0.3, 0.4) is 0 Å². The summed E-state index contributed by atoms with van der Waals surface area (Å²) >= 11 is 5.05. The van der Waals surface area contributed by atoms with Crippen LogP contribution in [0.25, 0.3) is 0 Å². The van der Waals surface area contributed by atoms with E-state index in [0.29, 0.717) is 17.8 Å². The maximum atomic E-state index is 13.3. The van der Waals surface area contributed by atoms with Crippen LogP contribution < -0.4 is 0 Å². The van der Waals surface area contributed by atoms with E-state index >= 15 is 0 Å². The fourth-order valence-electron chi connectivity index (χ4n) is 4.73. The molecule has 0 aromatic carbocycles. The molecular weight excluding hydrogens is 478 g/mol. The number of amides is 2. The number of piperidine rings is 1. The van der Waals surface area contributed by atoms with Gasteiger partial charge >= 0.3 is 0 Å². The van der Waals surface area contributed by atoms with Crippen LogP contribution in [0, 0.1) is 12.3 Å². The molecule has 9 heteroatoms. The SMILES string of the molecule is CCn1nc(C)c(Br)c1C(=O)N1CCC2(CCN(C(=O)c3cccnc3SC)CC2)C1. The van der Waals surface area contributed by atoms with E-state index in [0.717, 1.165) is 60.6 Å². The number of aromatic nitrogens is 3. The van der Waals surface area contributed by atoms with Gasteiger partial charge in [-0.1, -0.05) is 0 Å². The molecule has 2 saturated heterocycles. The summed E-state index contributed by atoms with van der Waals surface area (Å²) in [6.45, 7) is 7.52. The largest absolute Gasteiger partial charge is 0.339 e. The lowest BCUT2D eigenvalue weighted by atomic mass is 9.77. The molecule has 2 aliphatic rings. The van der Waals surface area contributed by atoms with Crippen molar-refractivity contribution in [2.24, 2.45) is 5.41 Å². The maximum Gasteiger partial charge on any atom is 0.273 e. The van der Waals surface area contributed by atoms with Gasteiger partial charge in [-0.2, -0.15) is 5.10 Å². The van der Waals surface area contributed by atoms with E-state index in [1.165, 1.54) is 11.8 Å². The zero-order chi connectivity index (χ0) is 22.2. The number of carbonyl (C=O) groups is 2. The molecule has 4 rings (SSSR count). The Bertz CT molecular complexity index is 1000. The molecule has 0 saturated carbocycles. The average molecular weight is 506 g/mol. The minimum absolute atomic E-state index is 0.0460. The lowest BCUT2D eigenvalue weighted by molar-refractivity contribution is 0.0560. The number of hydrogen-bond acceptors (Lipinski definition) is 5. The Labute approximate surface area is 195 Å². The molecule has 0 radical (unpaired) electrons. The molecule has 0 N–H and O–H groups in total. The number of likely N-dealkylation sites (tertiary alicyclic amines) is 2. The zero-order valence-electron chi connectivity index (χ0n) is 18.2. The summed E-state index contributed by atoms with van der Waals surface area (Å²) in [7, 11) is 0. The predicted molar refractivity (Wildman–Crippen MR) is 124 cm³/mol. The summed E-state index contributed by atoms with van der Waals surface area (Å²) in [5, 5.41) is 5.25. The number of hydrogen-bond donors (Lipinski definition) is 0. The quantitative estimate of drug-likeness (QED) is 0.589. The summed E-state index contributed by atoms with van der Waals surface area (Å²) in [4.78, 5) is 34.6. The third-order valence-electron chi connectivity index (χ3n) is 6.59. The lowest BCUT2D eigenvalue weighted by Gasteiger charge is -2.39. The van der Waals surface area contributed by atoms with Crippen molar-refractivity contribution >= 4 is 39.5 Å². The van der Waals surface area contributed by atoms with Gasteiger partial charge in [0.25, 0.3) is 11.8 Å². The summed E-state index contributed by atoms with van der Waals surface area (Å²) < 4.78 is 2.58. The Morgan fingerprint density at radius 2 is 1.84 bits per heavy atom. The van der Waals surface area contributed by atoms with Crippen molar-refractivity contribution in [2.45, 2.75) is 44.7 Å². The highest BCUT2D eigenvalue weighted by Gasteiger charge is 2.44. The van der Waals surface area contributed by atoms with Crippen LogP contribution in [0.15, 0.2) is 27.8 Å². The molecule has 0 bridgehead atoms. The number of thioether (sulfide) groups is 1. The molecule has 4 heterocycles. The third kappa shape index (κ3) is 4.14. The van der Waals surface area contributed by atoms with E-state index in [9.17, 15) is 9.59 Å². The highest BCUT2D eigenvalue weighted by molar-refractivity contribution is 9.10. The monoisotopic (exact) mass is 505 g/mol. The van der Waals surface area contributed by atoms with Gasteiger partial charge in [-0.3, -0.25) is 14.3 Å². The Morgan fingerprint density at radius 3 is 2.48 bits per heavy atom. The summed E-state index contributed by atoms with van der Waals surface area (Å²) in [5.41, 5.74) is 2.27. The summed E-state index contributed by atoms with van der Waals surface area (Å²) in [5.74, 6) is 0.106. The minimum atomic E-state index is 0.0460. The van der Waals surface area contributed by atoms with Gasteiger partial charge in [-0.15, -0.1) is 11.8 Å². The van der Waals surface area contributed by atoms with Crippen molar-refractivity contribution < 1.29 is 9.59 Å². The smallest absolute Gasteiger partial charge is 0.273 e. The lowest BCUT2D eigenvalue weighted by Crippen LogP contribution is -2.45. The molecule has 2 amide bonds. The Morgan fingerprint density at radius 1 is 1.16 bits per heavy atom. The molecular formula is C22H28BrN5O2S. The van der Waals surface area contributed by atoms with Gasteiger partial charge in [-0.25, -0.2) is 4.98 Å². The highest BCUT2D eigenvalue weighted by atomic mass is 79.9. The maximum absolute atomic E-state index is 13.3. The second-order valence-corrected chi connectivity index (χ2v) is 9.98. The van der Waals surface area contributed by atoms with Crippen molar-refractivity contribution in [3.05, 3.63) is 39.8 Å². The highest BCUT2D eigenvalue weighted by Crippen LogP contribution is 2.41. The molecule has 7 nitrogen and oxygen atoms in total. The predicted octanol–water partition coefficient (Wildman–Crippen LogP) is 3.86. The molecule has 0 aliphatic carbocycles. The first-order chi connectivity index (χ1) is 14.9. The molecule has 1 spiro atoms. The number of pyridine rings is 1. The number of nitrogens with zero attached hydrogens (tertiary/aromatic N) is 5. The second kappa shape index (κ2) is 8.94. The van der Waals surface area contributed by atoms with E-state index in [-0.39, 0.29) is 17.2 Å². The topological polar surface area (TPSA) is 71.3 Å². The molecule has 31 heavy (non-hydrogen) atoms. The first-order valence-corrected chi connectivity index (χ1v) is 12.7. The Hall–Kier alpha value is -1.87. The number of carbonyl (C=O) groups excluding carboxylic acids is 2. The summed E-state index contributed by atoms with van der Waals surface area (Å²) in [6.07, 6.45) is 6.50. The average Bonchev–Trinajstić information content (AvgIpc) is 3.34. The van der Waals surface area contributed by atoms with Gasteiger partial charge in [-0.05, 0) is 72.8 Å². The minimum Gasteiger partial charge on any atom is -0.339 e. The number of rotatable bonds is 4. The molecule has 0 unspecified atom stereocenters. The standard InChI is InChI=1S/C22H28BrN5O2S/c1-4-28-18(17(23)15(2)25-28)21(30)27-13-9-22(14-27)7-11-26(12-8-22)20(29)16-6-5-10-24-19(16)31-3/h5-6,10H,4,7-9,11-14H2,1-3H3. The van der Waals surface area contributed by atoms with Crippen molar-refractivity contribution in [3.63, 3.8) is 0 Å². The van der Waals surface area contributed by atoms with Crippen molar-refractivity contribution in [1.82, 2.24) is 24.6 Å². The van der Waals surface area contributed by atoms with Crippen LogP contribution in [0.4, 0.5) is 0 Å². The fourth-order valence-corrected chi connectivity index (χ4v) is 5.72. The van der Waals surface area contributed by atoms with Crippen molar-refractivity contribution in [3.8, 4) is 0 Å². The van der Waals surface area contributed by atoms with Crippen LogP contribution in [0.5, 0.6) is 0 Å². The zero-order valence-corrected chi connectivity index (χ0v) is 20.6. The molecule has 2 aromatic heterocycles. The van der Waals surface area contributed by atoms with Crippen LogP contribution in [0.2, 0.25) is 0 Å². The molecule has 2 aromatic rings. The van der Waals surface area contributed by atoms with Crippen molar-refractivity contribution in [1.29, 1.82) is 0 Å². The Kier molecular flexibility index (Phi) is 6.44. The Balaban J connectivity index is 1.42. The van der Waals surface area contributed by atoms with E-state index in [1.807, 2.05) is 42.0 Å². The van der Waals surface area contributed by atoms with E-state index in [2.05, 4.69) is 26.0 Å². The van der Waals surface area contributed by atoms with Gasteiger partial charge in [0.15, 0.2) is 0 Å². The summed E-state index contributed by atoms with van der Waals surface area (Å²) in [6, 6.07) is 3.68. The van der Waals surface area contributed by atoms with E-state index in [1.54, 1.807) is 10.9 Å². The van der Waals surface area contributed by atoms with Crippen LogP contribution in [-0.4, -0.2) is 68.8 Å². The fraction of sp³-hybridized carbons (Fsp3) is 0.545. The number of halogens is 1. The van der Waals surface area contributed by atoms with Crippen LogP contribution in [0.1, 0.15) is 52.7 Å². The van der Waals surface area contributed by atoms with Crippen LogP contribution >= 0.6 is 27.7 Å². The number of aryl methyl sites for hydroxylation is 2.